The van der Waals surface area contributed by atoms with E-state index in [1.54, 1.807) is 35.7 Å². The molecule has 0 saturated heterocycles. The average molecular weight is 410 g/mol. The highest BCUT2D eigenvalue weighted by Gasteiger charge is 2.16. The van der Waals surface area contributed by atoms with E-state index >= 15 is 0 Å². The number of ether oxygens (including phenoxy) is 1. The Morgan fingerprint density at radius 1 is 1.30 bits per heavy atom. The summed E-state index contributed by atoms with van der Waals surface area (Å²) in [6.07, 6.45) is 1.77. The zero-order valence-electron chi connectivity index (χ0n) is 15.2. The van der Waals surface area contributed by atoms with Crippen LogP contribution in [0.1, 0.15) is 35.7 Å². The first-order valence-corrected chi connectivity index (χ1v) is 10.7. The van der Waals surface area contributed by atoms with E-state index in [1.165, 1.54) is 0 Å². The summed E-state index contributed by atoms with van der Waals surface area (Å²) in [7, 11) is 0. The van der Waals surface area contributed by atoms with Crippen molar-refractivity contribution in [1.29, 1.82) is 0 Å². The number of rotatable bonds is 8. The molecule has 9 heteroatoms. The number of imide groups is 1. The molecule has 0 unspecified atom stereocenters. The second-order valence-corrected chi connectivity index (χ2v) is 7.98. The summed E-state index contributed by atoms with van der Waals surface area (Å²) >= 11 is 3.29. The van der Waals surface area contributed by atoms with Gasteiger partial charge in [-0.25, -0.2) is 9.59 Å². The van der Waals surface area contributed by atoms with Crippen LogP contribution in [0.2, 0.25) is 0 Å². The molecule has 146 valence electrons. The zero-order valence-corrected chi connectivity index (χ0v) is 16.8. The first-order valence-electron chi connectivity index (χ1n) is 8.73. The first-order chi connectivity index (χ1) is 13.1. The van der Waals surface area contributed by atoms with Gasteiger partial charge in [-0.15, -0.1) is 0 Å². The van der Waals surface area contributed by atoms with Crippen LogP contribution in [0.5, 0.6) is 0 Å². The fraction of sp³-hybridized carbons (Fsp3) is 0.444. The van der Waals surface area contributed by atoms with Crippen LogP contribution in [0.4, 0.5) is 4.79 Å². The van der Waals surface area contributed by atoms with Crippen molar-refractivity contribution in [3.63, 3.8) is 0 Å². The summed E-state index contributed by atoms with van der Waals surface area (Å²) in [6, 6.07) is 6.52. The summed E-state index contributed by atoms with van der Waals surface area (Å²) in [6.45, 7) is 2.81. The number of aliphatic imine (C=N–C) groups is 1. The Morgan fingerprint density at radius 3 is 2.85 bits per heavy atom. The molecular weight excluding hydrogens is 386 g/mol. The molecule has 1 aliphatic heterocycles. The smallest absolute Gasteiger partial charge is 0.338 e. The van der Waals surface area contributed by atoms with Gasteiger partial charge in [0.25, 0.3) is 5.91 Å². The summed E-state index contributed by atoms with van der Waals surface area (Å²) < 4.78 is 6.07. The molecule has 2 rings (SSSR count). The highest BCUT2D eigenvalue weighted by molar-refractivity contribution is 8.38. The molecular formula is C18H23N3O4S2. The number of nitrogens with one attached hydrogen (secondary N) is 2. The topological polar surface area (TPSA) is 96.9 Å². The van der Waals surface area contributed by atoms with Gasteiger partial charge in [0, 0.05) is 18.1 Å². The van der Waals surface area contributed by atoms with Crippen LogP contribution < -0.4 is 10.6 Å². The number of thioether (sulfide) groups is 2. The average Bonchev–Trinajstić information content (AvgIpc) is 3.18. The fourth-order valence-corrected chi connectivity index (χ4v) is 4.20. The molecule has 0 fully saturated rings. The lowest BCUT2D eigenvalue weighted by atomic mass is 10.1. The SMILES string of the molecule is CCCCNC(=O)NC(=O)COC(=O)c1ccccc1CSC1=NCCS1. The lowest BCUT2D eigenvalue weighted by molar-refractivity contribution is -0.123. The van der Waals surface area contributed by atoms with Crippen LogP contribution in [-0.4, -0.2) is 47.7 Å². The molecule has 0 bridgehead atoms. The third kappa shape index (κ3) is 7.64. The molecule has 1 aromatic rings. The number of carbonyl (C=O) groups is 3. The number of nitrogens with zero attached hydrogens (tertiary/aromatic N) is 1. The van der Waals surface area contributed by atoms with Crippen molar-refractivity contribution in [3.8, 4) is 0 Å². The minimum atomic E-state index is -0.666. The van der Waals surface area contributed by atoms with E-state index in [2.05, 4.69) is 15.6 Å². The molecule has 1 aromatic carbocycles. The van der Waals surface area contributed by atoms with E-state index in [1.807, 2.05) is 19.1 Å². The van der Waals surface area contributed by atoms with Gasteiger partial charge in [-0.1, -0.05) is 55.1 Å². The second-order valence-electron chi connectivity index (χ2n) is 5.68. The van der Waals surface area contributed by atoms with Crippen molar-refractivity contribution < 1.29 is 19.1 Å². The minimum Gasteiger partial charge on any atom is -0.452 e. The van der Waals surface area contributed by atoms with Gasteiger partial charge in [0.05, 0.1) is 12.1 Å². The van der Waals surface area contributed by atoms with Crippen LogP contribution in [-0.2, 0) is 15.3 Å². The van der Waals surface area contributed by atoms with E-state index in [4.69, 9.17) is 4.74 Å². The molecule has 0 aromatic heterocycles. The van der Waals surface area contributed by atoms with Crippen LogP contribution in [0.15, 0.2) is 29.3 Å². The number of carbonyl (C=O) groups excluding carboxylic acids is 3. The predicted molar refractivity (Wildman–Crippen MR) is 109 cm³/mol. The number of urea groups is 1. The Kier molecular flexibility index (Phi) is 9.20. The number of benzene rings is 1. The van der Waals surface area contributed by atoms with Crippen molar-refractivity contribution in [1.82, 2.24) is 10.6 Å². The standard InChI is InChI=1S/C18H23N3O4S2/c1-2-3-8-19-17(24)21-15(22)11-25-16(23)14-7-5-4-6-13(14)12-27-18-20-9-10-26-18/h4-7H,2-3,8-12H2,1H3,(H2,19,21,22,24). The second kappa shape index (κ2) is 11.7. The number of amides is 3. The number of hydrogen-bond acceptors (Lipinski definition) is 7. The quantitative estimate of drug-likeness (QED) is 0.506. The zero-order chi connectivity index (χ0) is 19.5. The lowest BCUT2D eigenvalue weighted by Crippen LogP contribution is -2.41. The molecule has 0 atom stereocenters. The molecule has 0 radical (unpaired) electrons. The molecule has 27 heavy (non-hydrogen) atoms. The number of hydrogen-bond donors (Lipinski definition) is 2. The van der Waals surface area contributed by atoms with Crippen molar-refractivity contribution in [3.05, 3.63) is 35.4 Å². The van der Waals surface area contributed by atoms with Crippen molar-refractivity contribution in [2.24, 2.45) is 4.99 Å². The van der Waals surface area contributed by atoms with Gasteiger partial charge in [-0.3, -0.25) is 15.1 Å². The highest BCUT2D eigenvalue weighted by atomic mass is 32.2. The van der Waals surface area contributed by atoms with Gasteiger partial charge >= 0.3 is 12.0 Å². The van der Waals surface area contributed by atoms with Gasteiger partial charge in [0.1, 0.15) is 4.38 Å². The monoisotopic (exact) mass is 409 g/mol. The van der Waals surface area contributed by atoms with E-state index in [9.17, 15) is 14.4 Å². The largest absolute Gasteiger partial charge is 0.452 e. The molecule has 1 heterocycles. The van der Waals surface area contributed by atoms with Crippen molar-refractivity contribution in [2.45, 2.75) is 25.5 Å². The van der Waals surface area contributed by atoms with Gasteiger partial charge in [-0.05, 0) is 18.1 Å². The number of unbranched alkanes of at least 4 members (excludes halogenated alkanes) is 1. The molecule has 0 saturated carbocycles. The van der Waals surface area contributed by atoms with Gasteiger partial charge in [0.15, 0.2) is 6.61 Å². The van der Waals surface area contributed by atoms with E-state index in [0.29, 0.717) is 17.9 Å². The van der Waals surface area contributed by atoms with Crippen LogP contribution in [0, 0.1) is 0 Å². The lowest BCUT2D eigenvalue weighted by Gasteiger charge is -2.10. The molecule has 3 amide bonds. The number of esters is 1. The summed E-state index contributed by atoms with van der Waals surface area (Å²) in [5.41, 5.74) is 1.23. The third-order valence-electron chi connectivity index (χ3n) is 3.55. The third-order valence-corrected chi connectivity index (χ3v) is 5.85. The van der Waals surface area contributed by atoms with Crippen molar-refractivity contribution >= 4 is 45.8 Å². The summed E-state index contributed by atoms with van der Waals surface area (Å²) in [5.74, 6) is 0.339. The normalized spacial score (nSPS) is 13.0. The highest BCUT2D eigenvalue weighted by Crippen LogP contribution is 2.26. The Bertz CT molecular complexity index is 710. The van der Waals surface area contributed by atoms with E-state index < -0.39 is 24.5 Å². The van der Waals surface area contributed by atoms with Crippen LogP contribution >= 0.6 is 23.5 Å². The molecule has 1 aliphatic rings. The predicted octanol–water partition coefficient (Wildman–Crippen LogP) is 2.81. The fourth-order valence-electron chi connectivity index (χ4n) is 2.18. The molecule has 0 spiro atoms. The molecule has 0 aliphatic carbocycles. The summed E-state index contributed by atoms with van der Waals surface area (Å²) in [4.78, 5) is 39.9. The van der Waals surface area contributed by atoms with Crippen molar-refractivity contribution in [2.75, 3.05) is 25.4 Å². The van der Waals surface area contributed by atoms with E-state index in [-0.39, 0.29) is 0 Å². The maximum Gasteiger partial charge on any atom is 0.338 e. The minimum absolute atomic E-state index is 0.411. The van der Waals surface area contributed by atoms with E-state index in [0.717, 1.165) is 35.1 Å². The van der Waals surface area contributed by atoms with Gasteiger partial charge < -0.3 is 10.1 Å². The first kappa shape index (κ1) is 21.3. The summed E-state index contributed by atoms with van der Waals surface area (Å²) in [5, 5.41) is 4.69. The Balaban J connectivity index is 1.81. The Labute approximate surface area is 167 Å². The van der Waals surface area contributed by atoms with Crippen LogP contribution in [0.25, 0.3) is 0 Å². The Morgan fingerprint density at radius 2 is 2.11 bits per heavy atom. The van der Waals surface area contributed by atoms with Gasteiger partial charge in [0.2, 0.25) is 0 Å². The molecule has 2 N–H and O–H groups in total. The van der Waals surface area contributed by atoms with Gasteiger partial charge in [-0.2, -0.15) is 0 Å². The Hall–Kier alpha value is -2.00. The maximum atomic E-state index is 12.3. The maximum absolute atomic E-state index is 12.3. The van der Waals surface area contributed by atoms with Crippen LogP contribution in [0.3, 0.4) is 0 Å². The molecule has 7 nitrogen and oxygen atoms in total.